The van der Waals surface area contributed by atoms with Gasteiger partial charge in [0.1, 0.15) is 25.1 Å². The van der Waals surface area contributed by atoms with Gasteiger partial charge in [-0.2, -0.15) is 5.26 Å². The summed E-state index contributed by atoms with van der Waals surface area (Å²) in [5.74, 6) is 0.666. The molecule has 2 aromatic heterocycles. The van der Waals surface area contributed by atoms with E-state index in [2.05, 4.69) is 30.2 Å². The Balaban J connectivity index is 1.44. The Hall–Kier alpha value is -3.57. The number of amides is 1. The van der Waals surface area contributed by atoms with Gasteiger partial charge in [0.15, 0.2) is 0 Å². The number of pyridine rings is 1. The van der Waals surface area contributed by atoms with Crippen LogP contribution < -0.4 is 5.32 Å². The van der Waals surface area contributed by atoms with Crippen LogP contribution in [0, 0.1) is 17.2 Å². The first kappa shape index (κ1) is 26.5. The fraction of sp³-hybridized carbons (Fsp3) is 0.483. The summed E-state index contributed by atoms with van der Waals surface area (Å²) in [5.41, 5.74) is 2.97. The third-order valence-electron chi connectivity index (χ3n) is 6.97. The van der Waals surface area contributed by atoms with Crippen molar-refractivity contribution in [2.75, 3.05) is 18.5 Å². The van der Waals surface area contributed by atoms with Crippen molar-refractivity contribution < 1.29 is 14.3 Å². The molecule has 1 fully saturated rings. The zero-order chi connectivity index (χ0) is 26.2. The molecule has 196 valence electrons. The fourth-order valence-corrected chi connectivity index (χ4v) is 4.82. The molecule has 8 heteroatoms. The molecule has 0 spiro atoms. The summed E-state index contributed by atoms with van der Waals surface area (Å²) in [6.07, 6.45) is 7.15. The SMILES string of the molecule is CC(C)CCCOCn1ccc2c(N[C@@H]3CCCN(C(=O)OCc4ccccc4)C3C)c(C#N)cnc21. The first-order chi connectivity index (χ1) is 18.0. The van der Waals surface area contributed by atoms with Gasteiger partial charge >= 0.3 is 6.09 Å². The number of nitriles is 1. The molecule has 0 saturated carbocycles. The number of fused-ring (bicyclic) bond motifs is 1. The molecule has 0 bridgehead atoms. The van der Waals surface area contributed by atoms with Gasteiger partial charge in [0.25, 0.3) is 0 Å². The molecule has 3 heterocycles. The molecule has 4 rings (SSSR count). The Morgan fingerprint density at radius 1 is 1.27 bits per heavy atom. The van der Waals surface area contributed by atoms with Crippen molar-refractivity contribution in [3.63, 3.8) is 0 Å². The van der Waals surface area contributed by atoms with Gasteiger partial charge in [-0.25, -0.2) is 9.78 Å². The van der Waals surface area contributed by atoms with Gasteiger partial charge in [-0.05, 0) is 50.2 Å². The van der Waals surface area contributed by atoms with Crippen LogP contribution in [0.4, 0.5) is 10.5 Å². The molecule has 1 aliphatic heterocycles. The number of aromatic nitrogens is 2. The maximum absolute atomic E-state index is 12.9. The molecule has 1 saturated heterocycles. The first-order valence-electron chi connectivity index (χ1n) is 13.2. The number of benzene rings is 1. The normalized spacial score (nSPS) is 17.6. The van der Waals surface area contributed by atoms with Crippen LogP contribution in [0.3, 0.4) is 0 Å². The van der Waals surface area contributed by atoms with Crippen LogP contribution in [0.2, 0.25) is 0 Å². The van der Waals surface area contributed by atoms with Crippen molar-refractivity contribution in [1.29, 1.82) is 5.26 Å². The van der Waals surface area contributed by atoms with Crippen LogP contribution in [0.5, 0.6) is 0 Å². The molecule has 2 atom stereocenters. The minimum absolute atomic E-state index is 0.0219. The Morgan fingerprint density at radius 3 is 2.84 bits per heavy atom. The predicted octanol–water partition coefficient (Wildman–Crippen LogP) is 5.92. The largest absolute Gasteiger partial charge is 0.445 e. The maximum Gasteiger partial charge on any atom is 0.410 e. The van der Waals surface area contributed by atoms with Crippen LogP contribution in [-0.2, 0) is 22.8 Å². The number of anilines is 1. The average Bonchev–Trinajstić information content (AvgIpc) is 3.32. The lowest BCUT2D eigenvalue weighted by Crippen LogP contribution is -2.52. The van der Waals surface area contributed by atoms with E-state index >= 15 is 0 Å². The number of piperidine rings is 1. The van der Waals surface area contributed by atoms with Crippen molar-refractivity contribution in [3.8, 4) is 6.07 Å². The van der Waals surface area contributed by atoms with E-state index in [-0.39, 0.29) is 24.8 Å². The average molecular weight is 504 g/mol. The number of carbonyl (C=O) groups excluding carboxylic acids is 1. The van der Waals surface area contributed by atoms with E-state index in [1.807, 2.05) is 54.1 Å². The molecular formula is C29H37N5O3. The zero-order valence-electron chi connectivity index (χ0n) is 22.0. The highest BCUT2D eigenvalue weighted by molar-refractivity contribution is 5.93. The number of carbonyl (C=O) groups is 1. The third kappa shape index (κ3) is 6.60. The van der Waals surface area contributed by atoms with Crippen LogP contribution in [0.15, 0.2) is 48.8 Å². The quantitative estimate of drug-likeness (QED) is 0.345. The monoisotopic (exact) mass is 503 g/mol. The second kappa shape index (κ2) is 12.6. The van der Waals surface area contributed by atoms with E-state index in [1.54, 1.807) is 11.1 Å². The summed E-state index contributed by atoms with van der Waals surface area (Å²) >= 11 is 0. The van der Waals surface area contributed by atoms with E-state index in [9.17, 15) is 10.1 Å². The van der Waals surface area contributed by atoms with Gasteiger partial charge in [0, 0.05) is 37.0 Å². The highest BCUT2D eigenvalue weighted by Crippen LogP contribution is 2.30. The summed E-state index contributed by atoms with van der Waals surface area (Å²) < 4.78 is 13.4. The molecule has 0 aliphatic carbocycles. The van der Waals surface area contributed by atoms with Crippen molar-refractivity contribution in [1.82, 2.24) is 14.5 Å². The minimum Gasteiger partial charge on any atom is -0.445 e. The van der Waals surface area contributed by atoms with Crippen LogP contribution in [-0.4, -0.2) is 45.8 Å². The molecule has 1 N–H and O–H groups in total. The molecular weight excluding hydrogens is 466 g/mol. The van der Waals surface area contributed by atoms with Gasteiger partial charge in [0.05, 0.1) is 17.3 Å². The van der Waals surface area contributed by atoms with Crippen molar-refractivity contribution in [2.24, 2.45) is 5.92 Å². The summed E-state index contributed by atoms with van der Waals surface area (Å²) in [7, 11) is 0. The third-order valence-corrected chi connectivity index (χ3v) is 6.97. The van der Waals surface area contributed by atoms with E-state index in [4.69, 9.17) is 9.47 Å². The number of likely N-dealkylation sites (tertiary alicyclic amines) is 1. The number of rotatable bonds is 10. The molecule has 0 radical (unpaired) electrons. The smallest absolute Gasteiger partial charge is 0.410 e. The Labute approximate surface area is 219 Å². The van der Waals surface area contributed by atoms with Crippen LogP contribution in [0.1, 0.15) is 57.6 Å². The Morgan fingerprint density at radius 2 is 2.08 bits per heavy atom. The second-order valence-electron chi connectivity index (χ2n) is 10.1. The Bertz CT molecular complexity index is 1220. The second-order valence-corrected chi connectivity index (χ2v) is 10.1. The number of hydrogen-bond donors (Lipinski definition) is 1. The highest BCUT2D eigenvalue weighted by Gasteiger charge is 2.33. The lowest BCUT2D eigenvalue weighted by Gasteiger charge is -2.39. The van der Waals surface area contributed by atoms with Gasteiger partial charge in [-0.15, -0.1) is 0 Å². The Kier molecular flexibility index (Phi) is 9.02. The molecule has 3 aromatic rings. The predicted molar refractivity (Wildman–Crippen MR) is 144 cm³/mol. The fourth-order valence-electron chi connectivity index (χ4n) is 4.82. The molecule has 1 aromatic carbocycles. The number of ether oxygens (including phenoxy) is 2. The molecule has 37 heavy (non-hydrogen) atoms. The molecule has 1 amide bonds. The number of nitrogens with zero attached hydrogens (tertiary/aromatic N) is 4. The zero-order valence-corrected chi connectivity index (χ0v) is 22.0. The van der Waals surface area contributed by atoms with E-state index in [0.717, 1.165) is 48.0 Å². The van der Waals surface area contributed by atoms with E-state index < -0.39 is 0 Å². The lowest BCUT2D eigenvalue weighted by molar-refractivity contribution is 0.0688. The summed E-state index contributed by atoms with van der Waals surface area (Å²) in [6.45, 7) is 8.47. The van der Waals surface area contributed by atoms with Crippen molar-refractivity contribution in [2.45, 2.75) is 71.9 Å². The minimum atomic E-state index is -0.316. The molecule has 1 unspecified atom stereocenters. The number of nitrogens with one attached hydrogen (secondary N) is 1. The summed E-state index contributed by atoms with van der Waals surface area (Å²) in [6, 6.07) is 13.8. The number of hydrogen-bond acceptors (Lipinski definition) is 6. The maximum atomic E-state index is 12.9. The first-order valence-corrected chi connectivity index (χ1v) is 13.2. The van der Waals surface area contributed by atoms with Gasteiger partial charge < -0.3 is 24.3 Å². The standard InChI is InChI=1S/C29H37N5O3/c1-21(2)9-8-16-36-20-33-15-13-25-27(24(17-30)18-31-28(25)33)32-26-12-7-14-34(22(26)3)29(35)37-19-23-10-5-4-6-11-23/h4-6,10-11,13,15,18,21-22,26H,7-9,12,14,16,19-20H2,1-3H3,(H,31,32)/t22?,26-/m1/s1. The lowest BCUT2D eigenvalue weighted by atomic mass is 9.97. The molecule has 1 aliphatic rings. The van der Waals surface area contributed by atoms with E-state index in [1.165, 1.54) is 0 Å². The molecule has 8 nitrogen and oxygen atoms in total. The summed E-state index contributed by atoms with van der Waals surface area (Å²) in [5, 5.41) is 14.3. The summed E-state index contributed by atoms with van der Waals surface area (Å²) in [4.78, 5) is 19.2. The van der Waals surface area contributed by atoms with Gasteiger partial charge in [-0.3, -0.25) is 0 Å². The van der Waals surface area contributed by atoms with Crippen LogP contribution in [0.25, 0.3) is 11.0 Å². The van der Waals surface area contributed by atoms with Crippen molar-refractivity contribution in [3.05, 3.63) is 59.9 Å². The van der Waals surface area contributed by atoms with Crippen molar-refractivity contribution >= 4 is 22.8 Å². The topological polar surface area (TPSA) is 92.4 Å². The highest BCUT2D eigenvalue weighted by atomic mass is 16.6. The van der Waals surface area contributed by atoms with Gasteiger partial charge in [0.2, 0.25) is 0 Å². The van der Waals surface area contributed by atoms with Gasteiger partial charge in [-0.1, -0.05) is 44.2 Å². The van der Waals surface area contributed by atoms with Crippen LogP contribution >= 0.6 is 0 Å². The van der Waals surface area contributed by atoms with E-state index in [0.29, 0.717) is 31.4 Å².